The molecule has 55 heavy (non-hydrogen) atoms. The van der Waals surface area contributed by atoms with E-state index in [1.54, 1.807) is 31.3 Å². The van der Waals surface area contributed by atoms with Crippen LogP contribution in [0.3, 0.4) is 0 Å². The number of rotatable bonds is 18. The van der Waals surface area contributed by atoms with E-state index in [0.29, 0.717) is 0 Å². The molecule has 2 aliphatic rings. The normalized spacial score (nSPS) is 20.8. The summed E-state index contributed by atoms with van der Waals surface area (Å²) in [6.07, 6.45) is -2.03. The molecule has 3 amide bonds. The van der Waals surface area contributed by atoms with Crippen molar-refractivity contribution in [1.29, 1.82) is 5.26 Å². The van der Waals surface area contributed by atoms with Crippen molar-refractivity contribution in [2.45, 2.75) is 110 Å². The highest BCUT2D eigenvalue weighted by Gasteiger charge is 2.53. The SMILES string of the molecule is CC(C)N(C(C)C)P(OCCC#N)O[C@@H]1C(O[Si](C)(C)C(C)(C)C)[C@H](n2ccc(=O)[nH]c2=O)O[C@@H]1COCCN(C)C(=O)CN1C(=O)c2ccccc2C1=O. The molecule has 16 nitrogen and oxygen atoms in total. The van der Waals surface area contributed by atoms with E-state index in [4.69, 9.17) is 22.9 Å². The number of nitrogens with one attached hydrogen (secondary N) is 1. The van der Waals surface area contributed by atoms with E-state index in [0.717, 1.165) is 4.90 Å². The number of benzene rings is 1. The molecule has 0 aliphatic carbocycles. The maximum atomic E-state index is 13.2. The molecule has 1 fully saturated rings. The van der Waals surface area contributed by atoms with E-state index in [2.05, 4.69) is 49.6 Å². The minimum Gasteiger partial charge on any atom is -0.407 e. The van der Waals surface area contributed by atoms with Gasteiger partial charge in [-0.2, -0.15) is 5.26 Å². The van der Waals surface area contributed by atoms with Crippen molar-refractivity contribution in [3.63, 3.8) is 0 Å². The molecule has 302 valence electrons. The summed E-state index contributed by atoms with van der Waals surface area (Å²) in [5.41, 5.74) is -0.711. The average molecular weight is 803 g/mol. The number of carbonyl (C=O) groups excluding carboxylic acids is 3. The lowest BCUT2D eigenvalue weighted by Crippen LogP contribution is -2.50. The van der Waals surface area contributed by atoms with Crippen LogP contribution in [-0.4, -0.2) is 120 Å². The molecule has 18 heteroatoms. The van der Waals surface area contributed by atoms with Crippen molar-refractivity contribution in [2.75, 3.05) is 40.0 Å². The molecular formula is C37H55N6O10PSi. The zero-order chi connectivity index (χ0) is 40.8. The van der Waals surface area contributed by atoms with Crippen molar-refractivity contribution in [3.05, 3.63) is 68.5 Å². The Kier molecular flexibility index (Phi) is 14.9. The van der Waals surface area contributed by atoms with Crippen molar-refractivity contribution >= 4 is 34.6 Å². The smallest absolute Gasteiger partial charge is 0.330 e. The Balaban J connectivity index is 1.59. The summed E-state index contributed by atoms with van der Waals surface area (Å²) < 4.78 is 36.3. The Labute approximate surface area is 324 Å². The highest BCUT2D eigenvalue weighted by molar-refractivity contribution is 7.44. The molecule has 3 heterocycles. The van der Waals surface area contributed by atoms with Gasteiger partial charge in [0.1, 0.15) is 24.9 Å². The number of hydrogen-bond acceptors (Lipinski definition) is 12. The van der Waals surface area contributed by atoms with Crippen LogP contribution in [0.2, 0.25) is 18.1 Å². The van der Waals surface area contributed by atoms with E-state index in [-0.39, 0.29) is 61.0 Å². The minimum atomic E-state index is -2.58. The third-order valence-electron chi connectivity index (χ3n) is 9.97. The fourth-order valence-electron chi connectivity index (χ4n) is 6.03. The second-order valence-corrected chi connectivity index (χ2v) is 21.8. The monoisotopic (exact) mass is 802 g/mol. The van der Waals surface area contributed by atoms with E-state index in [1.807, 2.05) is 27.7 Å². The number of nitrogens with zero attached hydrogens (tertiary/aromatic N) is 5. The first-order valence-electron chi connectivity index (χ1n) is 18.5. The van der Waals surface area contributed by atoms with Crippen LogP contribution in [0.1, 0.15) is 81.8 Å². The maximum absolute atomic E-state index is 13.2. The van der Waals surface area contributed by atoms with Gasteiger partial charge in [-0.15, -0.1) is 0 Å². The average Bonchev–Trinajstić information content (AvgIpc) is 3.54. The molecule has 0 saturated carbocycles. The topological polar surface area (TPSA) is 186 Å². The number of hydrogen-bond donors (Lipinski definition) is 1. The first-order valence-corrected chi connectivity index (χ1v) is 22.5. The number of imide groups is 1. The van der Waals surface area contributed by atoms with Gasteiger partial charge in [0.2, 0.25) is 5.91 Å². The predicted octanol–water partition coefficient (Wildman–Crippen LogP) is 4.26. The highest BCUT2D eigenvalue weighted by Crippen LogP contribution is 2.51. The molecule has 1 saturated heterocycles. The van der Waals surface area contributed by atoms with Gasteiger partial charge in [-0.1, -0.05) is 32.9 Å². The lowest BCUT2D eigenvalue weighted by Gasteiger charge is -2.42. The fraction of sp³-hybridized carbons (Fsp3) is 0.622. The van der Waals surface area contributed by atoms with Gasteiger partial charge in [0.15, 0.2) is 14.5 Å². The van der Waals surface area contributed by atoms with Gasteiger partial charge in [0, 0.05) is 37.9 Å². The minimum absolute atomic E-state index is 0.00372. The second-order valence-electron chi connectivity index (χ2n) is 15.7. The number of fused-ring (bicyclic) bond motifs is 1. The Bertz CT molecular complexity index is 1800. The third-order valence-corrected chi connectivity index (χ3v) is 16.6. The third kappa shape index (κ3) is 10.4. The maximum Gasteiger partial charge on any atom is 0.330 e. The summed E-state index contributed by atoms with van der Waals surface area (Å²) in [7, 11) is -2.82. The van der Waals surface area contributed by atoms with Crippen LogP contribution in [0.25, 0.3) is 0 Å². The number of likely N-dealkylation sites (N-methyl/N-ethyl adjacent to an activating group) is 1. The van der Waals surface area contributed by atoms with Crippen LogP contribution in [0, 0.1) is 11.3 Å². The first kappa shape index (κ1) is 44.1. The summed E-state index contributed by atoms with van der Waals surface area (Å²) in [5.74, 6) is -1.48. The number of carbonyl (C=O) groups is 3. The van der Waals surface area contributed by atoms with Crippen molar-refractivity contribution in [1.82, 2.24) is 24.0 Å². The number of ether oxygens (including phenoxy) is 2. The highest BCUT2D eigenvalue weighted by atomic mass is 31.2. The van der Waals surface area contributed by atoms with Gasteiger partial charge in [-0.3, -0.25) is 33.6 Å². The Hall–Kier alpha value is -3.59. The van der Waals surface area contributed by atoms with E-state index >= 15 is 0 Å². The molecule has 1 N–H and O–H groups in total. The zero-order valence-corrected chi connectivity index (χ0v) is 35.3. The van der Waals surface area contributed by atoms with Crippen molar-refractivity contribution in [3.8, 4) is 6.07 Å². The summed E-state index contributed by atoms with van der Waals surface area (Å²) in [6, 6.07) is 9.80. The molecule has 0 bridgehead atoms. The molecule has 0 spiro atoms. The largest absolute Gasteiger partial charge is 0.407 e. The lowest BCUT2D eigenvalue weighted by atomic mass is 10.1. The molecule has 1 aromatic carbocycles. The Morgan fingerprint density at radius 2 is 1.64 bits per heavy atom. The number of amides is 3. The van der Waals surface area contributed by atoms with Gasteiger partial charge >= 0.3 is 5.69 Å². The van der Waals surface area contributed by atoms with Crippen LogP contribution in [0.15, 0.2) is 46.1 Å². The van der Waals surface area contributed by atoms with E-state index < -0.39 is 76.9 Å². The van der Waals surface area contributed by atoms with Crippen LogP contribution < -0.4 is 11.2 Å². The van der Waals surface area contributed by atoms with Gasteiger partial charge in [0.25, 0.3) is 25.9 Å². The van der Waals surface area contributed by atoms with Crippen LogP contribution in [0.5, 0.6) is 0 Å². The van der Waals surface area contributed by atoms with E-state index in [9.17, 15) is 29.2 Å². The van der Waals surface area contributed by atoms with Crippen molar-refractivity contribution in [2.24, 2.45) is 0 Å². The molecule has 0 radical (unpaired) electrons. The standard InChI is InChI=1S/C37H55N6O10PSi/c1-24(2)43(25(3)4)54(50-20-13-17-38)52-31-28(51-35(41-18-16-29(44)39-36(41)48)32(31)53-55(9,10)37(5,6)7)23-49-21-19-40(8)30(45)22-42-33(46)26-14-11-12-15-27(26)34(42)47/h11-12,14-16,18,24-25,28,31-32,35H,13,19-23H2,1-10H3,(H,39,44,48)/t28-,31+,32?,35-,54?/m1/s1. The van der Waals surface area contributed by atoms with Gasteiger partial charge in [-0.05, 0) is 58.0 Å². The number of aromatic amines is 1. The molecule has 2 unspecified atom stereocenters. The Morgan fingerprint density at radius 1 is 1.02 bits per heavy atom. The Morgan fingerprint density at radius 3 is 2.18 bits per heavy atom. The van der Waals surface area contributed by atoms with Gasteiger partial charge < -0.3 is 27.8 Å². The van der Waals surface area contributed by atoms with Gasteiger partial charge in [0.05, 0.1) is 43.4 Å². The second kappa shape index (κ2) is 18.6. The molecular weight excluding hydrogens is 747 g/mol. The quantitative estimate of drug-likeness (QED) is 0.0979. The van der Waals surface area contributed by atoms with Crippen LogP contribution in [0.4, 0.5) is 0 Å². The number of H-pyrrole nitrogens is 1. The zero-order valence-electron chi connectivity index (χ0n) is 33.4. The first-order chi connectivity index (χ1) is 25.8. The fourth-order valence-corrected chi connectivity index (χ4v) is 9.08. The van der Waals surface area contributed by atoms with Gasteiger partial charge in [-0.25, -0.2) is 9.46 Å². The number of aromatic nitrogens is 2. The number of nitriles is 1. The summed E-state index contributed by atoms with van der Waals surface area (Å²) in [6.45, 7) is 18.4. The molecule has 2 aliphatic heterocycles. The van der Waals surface area contributed by atoms with E-state index in [1.165, 1.54) is 21.7 Å². The molecule has 4 rings (SSSR count). The summed E-state index contributed by atoms with van der Waals surface area (Å²) >= 11 is 0. The van der Waals surface area contributed by atoms with Crippen LogP contribution in [-0.2, 0) is 27.7 Å². The van der Waals surface area contributed by atoms with Crippen molar-refractivity contribution < 1.29 is 37.3 Å². The van der Waals surface area contributed by atoms with Crippen LogP contribution >= 0.6 is 8.53 Å². The summed E-state index contributed by atoms with van der Waals surface area (Å²) in [5, 5.41) is 9.05. The summed E-state index contributed by atoms with van der Waals surface area (Å²) in [4.78, 5) is 68.7. The molecule has 1 aromatic heterocycles. The molecule has 2 aromatic rings. The molecule has 5 atom stereocenters. The lowest BCUT2D eigenvalue weighted by molar-refractivity contribution is -0.131. The predicted molar refractivity (Wildman–Crippen MR) is 208 cm³/mol.